The van der Waals surface area contributed by atoms with Gasteiger partial charge in [0.25, 0.3) is 0 Å². The molecule has 136 valence electrons. The Balaban J connectivity index is 3.11. The summed E-state index contributed by atoms with van der Waals surface area (Å²) in [6, 6.07) is 0. The van der Waals surface area contributed by atoms with Crippen LogP contribution < -0.4 is 0 Å². The fraction of sp³-hybridized carbons (Fsp3) is 0.733. The van der Waals surface area contributed by atoms with Gasteiger partial charge >= 0.3 is 23.9 Å². The first-order chi connectivity index (χ1) is 11.1. The predicted octanol–water partition coefficient (Wildman–Crippen LogP) is 1.13. The minimum atomic E-state index is -1.01. The van der Waals surface area contributed by atoms with Crippen LogP contribution in [0.15, 0.2) is 0 Å². The third kappa shape index (κ3) is 6.10. The molecule has 0 aliphatic heterocycles. The van der Waals surface area contributed by atoms with Gasteiger partial charge in [0.15, 0.2) is 12.2 Å². The average Bonchev–Trinajstić information content (AvgIpc) is 2.42. The van der Waals surface area contributed by atoms with Crippen LogP contribution in [0.1, 0.15) is 34.1 Å². The standard InChI is InChI=1S/C15H21BrO8/c1-7(17)21-6-11-5-12(16)14(23-9(3)19)15(24-10(4)20)13(11)22-8(2)18/h11-15H,5-6H2,1-4H3/t11-,12-,13-,14+,15+/m1/s1. The van der Waals surface area contributed by atoms with Crippen molar-refractivity contribution < 1.29 is 38.1 Å². The molecule has 8 nitrogen and oxygen atoms in total. The molecular formula is C15H21BrO8. The number of hydrogen-bond donors (Lipinski definition) is 0. The molecule has 0 unspecified atom stereocenters. The maximum atomic E-state index is 11.5. The first-order valence-corrected chi connectivity index (χ1v) is 8.32. The summed E-state index contributed by atoms with van der Waals surface area (Å²) in [5.74, 6) is -2.64. The van der Waals surface area contributed by atoms with Gasteiger partial charge in [0.2, 0.25) is 0 Å². The van der Waals surface area contributed by atoms with Crippen molar-refractivity contribution >= 4 is 39.8 Å². The van der Waals surface area contributed by atoms with Gasteiger partial charge in [-0.1, -0.05) is 15.9 Å². The predicted molar refractivity (Wildman–Crippen MR) is 84.1 cm³/mol. The second-order valence-electron chi connectivity index (χ2n) is 5.54. The molecule has 0 aromatic heterocycles. The summed E-state index contributed by atoms with van der Waals surface area (Å²) in [5, 5.41) is 0. The van der Waals surface area contributed by atoms with Crippen LogP contribution in [0.5, 0.6) is 0 Å². The second-order valence-corrected chi connectivity index (χ2v) is 6.71. The van der Waals surface area contributed by atoms with Crippen LogP contribution in [-0.4, -0.2) is 53.6 Å². The molecule has 0 N–H and O–H groups in total. The van der Waals surface area contributed by atoms with Gasteiger partial charge in [-0.25, -0.2) is 0 Å². The van der Waals surface area contributed by atoms with E-state index in [9.17, 15) is 19.2 Å². The van der Waals surface area contributed by atoms with E-state index in [0.717, 1.165) is 0 Å². The highest BCUT2D eigenvalue weighted by Gasteiger charge is 2.50. The summed E-state index contributed by atoms with van der Waals surface area (Å²) in [4.78, 5) is 45.0. The summed E-state index contributed by atoms with van der Waals surface area (Å²) >= 11 is 3.41. The lowest BCUT2D eigenvalue weighted by Crippen LogP contribution is -2.57. The number of ether oxygens (including phenoxy) is 4. The van der Waals surface area contributed by atoms with Gasteiger partial charge in [0.1, 0.15) is 6.10 Å². The third-order valence-corrected chi connectivity index (χ3v) is 4.30. The molecule has 9 heteroatoms. The lowest BCUT2D eigenvalue weighted by molar-refractivity contribution is -0.198. The van der Waals surface area contributed by atoms with E-state index in [0.29, 0.717) is 6.42 Å². The van der Waals surface area contributed by atoms with E-state index in [1.165, 1.54) is 27.7 Å². The third-order valence-electron chi connectivity index (χ3n) is 3.40. The van der Waals surface area contributed by atoms with E-state index in [4.69, 9.17) is 18.9 Å². The van der Waals surface area contributed by atoms with E-state index < -0.39 is 48.1 Å². The zero-order chi connectivity index (χ0) is 18.4. The molecule has 0 aromatic carbocycles. The summed E-state index contributed by atoms with van der Waals surface area (Å²) in [7, 11) is 0. The van der Waals surface area contributed by atoms with E-state index in [-0.39, 0.29) is 11.4 Å². The van der Waals surface area contributed by atoms with Crippen molar-refractivity contribution in [3.8, 4) is 0 Å². The molecule has 1 rings (SSSR count). The van der Waals surface area contributed by atoms with Gasteiger partial charge in [-0.2, -0.15) is 0 Å². The number of carbonyl (C=O) groups is 4. The van der Waals surface area contributed by atoms with Crippen molar-refractivity contribution in [3.63, 3.8) is 0 Å². The van der Waals surface area contributed by atoms with Gasteiger partial charge < -0.3 is 18.9 Å². The van der Waals surface area contributed by atoms with Crippen molar-refractivity contribution in [1.29, 1.82) is 0 Å². The smallest absolute Gasteiger partial charge is 0.303 e. The maximum absolute atomic E-state index is 11.5. The number of rotatable bonds is 5. The number of carbonyl (C=O) groups excluding carboxylic acids is 4. The van der Waals surface area contributed by atoms with Crippen molar-refractivity contribution in [2.45, 2.75) is 57.3 Å². The fourth-order valence-corrected chi connectivity index (χ4v) is 3.51. The van der Waals surface area contributed by atoms with Crippen molar-refractivity contribution in [2.75, 3.05) is 6.61 Å². The topological polar surface area (TPSA) is 105 Å². The maximum Gasteiger partial charge on any atom is 0.303 e. The normalized spacial score (nSPS) is 29.3. The molecule has 1 saturated carbocycles. The van der Waals surface area contributed by atoms with E-state index in [1.54, 1.807) is 0 Å². The largest absolute Gasteiger partial charge is 0.465 e. The summed E-state index contributed by atoms with van der Waals surface area (Å²) in [6.07, 6.45) is -2.34. The average molecular weight is 409 g/mol. The number of halogens is 1. The van der Waals surface area contributed by atoms with Crippen molar-refractivity contribution in [3.05, 3.63) is 0 Å². The van der Waals surface area contributed by atoms with Crippen LogP contribution in [0.2, 0.25) is 0 Å². The van der Waals surface area contributed by atoms with E-state index in [1.807, 2.05) is 0 Å². The van der Waals surface area contributed by atoms with Crippen LogP contribution in [0.3, 0.4) is 0 Å². The molecule has 0 bridgehead atoms. The van der Waals surface area contributed by atoms with Gasteiger partial charge in [0.05, 0.1) is 11.4 Å². The minimum absolute atomic E-state index is 0.0140. The Morgan fingerprint density at radius 3 is 1.71 bits per heavy atom. The van der Waals surface area contributed by atoms with Crippen molar-refractivity contribution in [2.24, 2.45) is 5.92 Å². The van der Waals surface area contributed by atoms with Crippen LogP contribution >= 0.6 is 15.9 Å². The highest BCUT2D eigenvalue weighted by molar-refractivity contribution is 9.09. The second kappa shape index (κ2) is 9.00. The molecule has 0 saturated heterocycles. The Morgan fingerprint density at radius 2 is 1.25 bits per heavy atom. The molecule has 1 aliphatic rings. The Kier molecular flexibility index (Phi) is 7.65. The molecule has 1 fully saturated rings. The highest BCUT2D eigenvalue weighted by atomic mass is 79.9. The molecule has 1 aliphatic carbocycles. The number of esters is 4. The zero-order valence-electron chi connectivity index (χ0n) is 13.9. The Morgan fingerprint density at radius 1 is 0.792 bits per heavy atom. The van der Waals surface area contributed by atoms with Gasteiger partial charge in [0, 0.05) is 33.6 Å². The Hall–Kier alpha value is -1.64. The SMILES string of the molecule is CC(=O)OC[C@H]1C[C@@H](Br)[C@H](OC(C)=O)[C@@H](OC(C)=O)[C@@H]1OC(C)=O. The molecule has 5 atom stereocenters. The lowest BCUT2D eigenvalue weighted by Gasteiger charge is -2.42. The number of hydrogen-bond acceptors (Lipinski definition) is 8. The molecule has 0 heterocycles. The monoisotopic (exact) mass is 408 g/mol. The summed E-state index contributed by atoms with van der Waals surface area (Å²) in [6.45, 7) is 4.90. The van der Waals surface area contributed by atoms with Crippen molar-refractivity contribution in [1.82, 2.24) is 0 Å². The van der Waals surface area contributed by atoms with Crippen LogP contribution in [0, 0.1) is 5.92 Å². The molecule has 0 spiro atoms. The first-order valence-electron chi connectivity index (χ1n) is 7.41. The number of alkyl halides is 1. The highest BCUT2D eigenvalue weighted by Crippen LogP contribution is 2.36. The van der Waals surface area contributed by atoms with Crippen LogP contribution in [0.25, 0.3) is 0 Å². The van der Waals surface area contributed by atoms with Crippen LogP contribution in [-0.2, 0) is 38.1 Å². The van der Waals surface area contributed by atoms with Gasteiger partial charge in [-0.3, -0.25) is 19.2 Å². The van der Waals surface area contributed by atoms with E-state index >= 15 is 0 Å². The summed E-state index contributed by atoms with van der Waals surface area (Å²) in [5.41, 5.74) is 0. The molecule has 0 amide bonds. The van der Waals surface area contributed by atoms with Gasteiger partial charge in [-0.15, -0.1) is 0 Å². The quantitative estimate of drug-likeness (QED) is 0.378. The lowest BCUT2D eigenvalue weighted by atomic mass is 9.82. The minimum Gasteiger partial charge on any atom is -0.465 e. The van der Waals surface area contributed by atoms with Gasteiger partial charge in [-0.05, 0) is 6.42 Å². The Labute approximate surface area is 148 Å². The first kappa shape index (κ1) is 20.4. The molecule has 24 heavy (non-hydrogen) atoms. The molecule has 0 aromatic rings. The molecule has 0 radical (unpaired) electrons. The van der Waals surface area contributed by atoms with E-state index in [2.05, 4.69) is 15.9 Å². The van der Waals surface area contributed by atoms with Crippen LogP contribution in [0.4, 0.5) is 0 Å². The summed E-state index contributed by atoms with van der Waals surface area (Å²) < 4.78 is 20.8. The molecular weight excluding hydrogens is 388 g/mol. The Bertz CT molecular complexity index is 506. The fourth-order valence-electron chi connectivity index (χ4n) is 2.62. The zero-order valence-corrected chi connectivity index (χ0v) is 15.5.